The van der Waals surface area contributed by atoms with E-state index in [9.17, 15) is 8.42 Å². The third-order valence-electron chi connectivity index (χ3n) is 3.64. The Hall–Kier alpha value is -1.18. The van der Waals surface area contributed by atoms with Crippen LogP contribution < -0.4 is 10.0 Å². The highest BCUT2D eigenvalue weighted by Crippen LogP contribution is 2.27. The van der Waals surface area contributed by atoms with E-state index in [0.29, 0.717) is 5.13 Å². The van der Waals surface area contributed by atoms with Gasteiger partial charge in [0.25, 0.3) is 0 Å². The number of aryl methyl sites for hydroxylation is 1. The number of sulfonamides is 1. The summed E-state index contributed by atoms with van der Waals surface area (Å²) in [6, 6.07) is 5.92. The van der Waals surface area contributed by atoms with Gasteiger partial charge >= 0.3 is 0 Å². The fraction of sp³-hybridized carbons (Fsp3) is 0.500. The van der Waals surface area contributed by atoms with Crippen LogP contribution in [0.5, 0.6) is 0 Å². The Bertz CT molecular complexity index is 734. The van der Waals surface area contributed by atoms with E-state index in [1.807, 2.05) is 25.1 Å². The summed E-state index contributed by atoms with van der Waals surface area (Å²) >= 11 is 1.38. The van der Waals surface area contributed by atoms with E-state index in [0.717, 1.165) is 41.7 Å². The van der Waals surface area contributed by atoms with Gasteiger partial charge in [0.1, 0.15) is 0 Å². The number of rotatable bonds is 4. The molecule has 0 amide bonds. The average molecular weight is 325 g/mol. The first-order valence-electron chi connectivity index (χ1n) is 7.10. The van der Waals surface area contributed by atoms with Crippen LogP contribution in [0.2, 0.25) is 0 Å². The zero-order chi connectivity index (χ0) is 14.9. The number of aromatic nitrogens is 1. The molecular weight excluding hydrogens is 306 g/mol. The second-order valence-electron chi connectivity index (χ2n) is 5.59. The van der Waals surface area contributed by atoms with Gasteiger partial charge in [0, 0.05) is 0 Å². The summed E-state index contributed by atoms with van der Waals surface area (Å²) in [6.07, 6.45) is 2.01. The highest BCUT2D eigenvalue weighted by molar-refractivity contribution is 7.92. The first-order chi connectivity index (χ1) is 10.0. The normalized spacial score (nSPS) is 19.8. The highest BCUT2D eigenvalue weighted by atomic mass is 32.2. The van der Waals surface area contributed by atoms with Gasteiger partial charge in [0.05, 0.1) is 16.0 Å². The van der Waals surface area contributed by atoms with E-state index >= 15 is 0 Å². The standard InChI is InChI=1S/C14H19N3O2S2/c1-10-4-5-12-13(7-10)20-14(16-12)17-21(18,19)9-11-3-2-6-15-8-11/h4-5,7,11,15H,2-3,6,8-9H2,1H3,(H,16,17). The molecule has 0 aliphatic carbocycles. The first-order valence-corrected chi connectivity index (χ1v) is 9.57. The Morgan fingerprint density at radius 3 is 3.10 bits per heavy atom. The molecule has 21 heavy (non-hydrogen) atoms. The molecule has 1 aliphatic rings. The number of thiazole rings is 1. The van der Waals surface area contributed by atoms with Crippen LogP contribution in [0.1, 0.15) is 18.4 Å². The lowest BCUT2D eigenvalue weighted by Crippen LogP contribution is -2.35. The Balaban J connectivity index is 1.73. The molecular formula is C14H19N3O2S2. The maximum absolute atomic E-state index is 12.2. The molecule has 1 saturated heterocycles. The Kier molecular flexibility index (Phi) is 4.14. The maximum atomic E-state index is 12.2. The van der Waals surface area contributed by atoms with Gasteiger partial charge in [0.2, 0.25) is 10.0 Å². The molecule has 0 radical (unpaired) electrons. The minimum Gasteiger partial charge on any atom is -0.316 e. The van der Waals surface area contributed by atoms with Crippen LogP contribution >= 0.6 is 11.3 Å². The Morgan fingerprint density at radius 1 is 1.48 bits per heavy atom. The molecule has 3 rings (SSSR count). The van der Waals surface area contributed by atoms with Crippen molar-refractivity contribution in [3.05, 3.63) is 23.8 Å². The quantitative estimate of drug-likeness (QED) is 0.905. The fourth-order valence-corrected chi connectivity index (χ4v) is 5.29. The molecule has 114 valence electrons. The molecule has 1 fully saturated rings. The lowest BCUT2D eigenvalue weighted by atomic mass is 10.0. The molecule has 1 aliphatic heterocycles. The summed E-state index contributed by atoms with van der Waals surface area (Å²) in [6.45, 7) is 3.78. The second-order valence-corrected chi connectivity index (χ2v) is 8.38. The average Bonchev–Trinajstić information content (AvgIpc) is 2.79. The fourth-order valence-electron chi connectivity index (χ4n) is 2.63. The Morgan fingerprint density at radius 2 is 2.33 bits per heavy atom. The molecule has 0 bridgehead atoms. The number of fused-ring (bicyclic) bond motifs is 1. The van der Waals surface area contributed by atoms with Gasteiger partial charge in [0.15, 0.2) is 5.13 Å². The minimum atomic E-state index is -3.33. The van der Waals surface area contributed by atoms with Crippen LogP contribution in [0.15, 0.2) is 18.2 Å². The van der Waals surface area contributed by atoms with Crippen molar-refractivity contribution < 1.29 is 8.42 Å². The number of hydrogen-bond acceptors (Lipinski definition) is 5. The van der Waals surface area contributed by atoms with Crippen LogP contribution in [0.25, 0.3) is 10.2 Å². The number of anilines is 1. The summed E-state index contributed by atoms with van der Waals surface area (Å²) in [4.78, 5) is 4.34. The molecule has 1 aromatic heterocycles. The summed E-state index contributed by atoms with van der Waals surface area (Å²) in [7, 11) is -3.33. The lowest BCUT2D eigenvalue weighted by Gasteiger charge is -2.22. The van der Waals surface area contributed by atoms with Crippen LogP contribution in [0.4, 0.5) is 5.13 Å². The van der Waals surface area contributed by atoms with Crippen LogP contribution in [0.3, 0.4) is 0 Å². The number of piperidine rings is 1. The number of nitrogens with zero attached hydrogens (tertiary/aromatic N) is 1. The summed E-state index contributed by atoms with van der Waals surface area (Å²) in [5.41, 5.74) is 1.98. The van der Waals surface area contributed by atoms with Gasteiger partial charge in [-0.1, -0.05) is 17.4 Å². The third-order valence-corrected chi connectivity index (χ3v) is 6.12. The number of benzene rings is 1. The number of hydrogen-bond donors (Lipinski definition) is 2. The molecule has 2 heterocycles. The van der Waals surface area contributed by atoms with E-state index in [2.05, 4.69) is 15.0 Å². The van der Waals surface area contributed by atoms with Crippen molar-refractivity contribution in [3.63, 3.8) is 0 Å². The van der Waals surface area contributed by atoms with Crippen molar-refractivity contribution in [2.75, 3.05) is 23.6 Å². The van der Waals surface area contributed by atoms with Crippen LogP contribution in [-0.2, 0) is 10.0 Å². The van der Waals surface area contributed by atoms with Gasteiger partial charge in [-0.25, -0.2) is 13.4 Å². The van der Waals surface area contributed by atoms with Gasteiger partial charge in [-0.15, -0.1) is 0 Å². The second kappa shape index (κ2) is 5.90. The largest absolute Gasteiger partial charge is 0.316 e. The molecule has 7 heteroatoms. The van der Waals surface area contributed by atoms with Crippen molar-refractivity contribution >= 4 is 36.7 Å². The van der Waals surface area contributed by atoms with E-state index < -0.39 is 10.0 Å². The van der Waals surface area contributed by atoms with Gasteiger partial charge < -0.3 is 5.32 Å². The van der Waals surface area contributed by atoms with Crippen LogP contribution in [0, 0.1) is 12.8 Å². The smallest absolute Gasteiger partial charge is 0.234 e. The monoisotopic (exact) mass is 325 g/mol. The topological polar surface area (TPSA) is 71.1 Å². The summed E-state index contributed by atoms with van der Waals surface area (Å²) in [5.74, 6) is 0.350. The first kappa shape index (κ1) is 14.7. The third kappa shape index (κ3) is 3.72. The van der Waals surface area contributed by atoms with Gasteiger partial charge in [-0.05, 0) is 56.5 Å². The molecule has 1 aromatic carbocycles. The predicted molar refractivity (Wildman–Crippen MR) is 87.4 cm³/mol. The van der Waals surface area contributed by atoms with E-state index in [1.54, 1.807) is 0 Å². The molecule has 0 spiro atoms. The molecule has 1 unspecified atom stereocenters. The molecule has 5 nitrogen and oxygen atoms in total. The molecule has 0 saturated carbocycles. The van der Waals surface area contributed by atoms with Crippen molar-refractivity contribution in [1.82, 2.24) is 10.3 Å². The van der Waals surface area contributed by atoms with E-state index in [4.69, 9.17) is 0 Å². The van der Waals surface area contributed by atoms with Crippen molar-refractivity contribution in [2.45, 2.75) is 19.8 Å². The summed E-state index contributed by atoms with van der Waals surface area (Å²) in [5, 5.41) is 3.70. The van der Waals surface area contributed by atoms with Crippen molar-refractivity contribution in [2.24, 2.45) is 5.92 Å². The highest BCUT2D eigenvalue weighted by Gasteiger charge is 2.22. The number of nitrogens with one attached hydrogen (secondary N) is 2. The molecule has 2 aromatic rings. The van der Waals surface area contributed by atoms with Gasteiger partial charge in [-0.2, -0.15) is 0 Å². The van der Waals surface area contributed by atoms with E-state index in [1.165, 1.54) is 11.3 Å². The van der Waals surface area contributed by atoms with Crippen molar-refractivity contribution in [3.8, 4) is 0 Å². The zero-order valence-corrected chi connectivity index (χ0v) is 13.6. The molecule has 2 N–H and O–H groups in total. The van der Waals surface area contributed by atoms with Gasteiger partial charge in [-0.3, -0.25) is 4.72 Å². The maximum Gasteiger partial charge on any atom is 0.234 e. The Labute approximate surface area is 128 Å². The zero-order valence-electron chi connectivity index (χ0n) is 11.9. The van der Waals surface area contributed by atoms with E-state index in [-0.39, 0.29) is 11.7 Å². The van der Waals surface area contributed by atoms with Crippen LogP contribution in [-0.4, -0.2) is 32.2 Å². The predicted octanol–water partition coefficient (Wildman–Crippen LogP) is 2.35. The lowest BCUT2D eigenvalue weighted by molar-refractivity contribution is 0.404. The van der Waals surface area contributed by atoms with Crippen molar-refractivity contribution in [1.29, 1.82) is 0 Å². The summed E-state index contributed by atoms with van der Waals surface area (Å²) < 4.78 is 28.1. The SMILES string of the molecule is Cc1ccc2nc(NS(=O)(=O)CC3CCCNC3)sc2c1. The molecule has 1 atom stereocenters. The minimum absolute atomic E-state index is 0.162.